The van der Waals surface area contributed by atoms with E-state index < -0.39 is 5.97 Å². The lowest BCUT2D eigenvalue weighted by molar-refractivity contribution is -0.139. The first-order valence-corrected chi connectivity index (χ1v) is 6.52. The maximum atomic E-state index is 10.5. The molecule has 0 aliphatic rings. The highest BCUT2D eigenvalue weighted by molar-refractivity contribution is 5.83. The van der Waals surface area contributed by atoms with Gasteiger partial charge >= 0.3 is 5.97 Å². The SMILES string of the molecule is O=C(O)COc1ccc(-c2cnc3ccccc3c2)cc1. The second kappa shape index (κ2) is 5.63. The van der Waals surface area contributed by atoms with Gasteiger partial charge in [-0.15, -0.1) is 0 Å². The molecule has 0 aliphatic carbocycles. The van der Waals surface area contributed by atoms with Gasteiger partial charge in [-0.1, -0.05) is 30.3 Å². The van der Waals surface area contributed by atoms with Crippen LogP contribution in [0.4, 0.5) is 0 Å². The fraction of sp³-hybridized carbons (Fsp3) is 0.0588. The first-order chi connectivity index (χ1) is 10.2. The molecule has 2 aromatic carbocycles. The summed E-state index contributed by atoms with van der Waals surface area (Å²) >= 11 is 0. The number of fused-ring (bicyclic) bond motifs is 1. The van der Waals surface area contributed by atoms with Gasteiger partial charge in [-0.05, 0) is 29.8 Å². The largest absolute Gasteiger partial charge is 0.482 e. The minimum Gasteiger partial charge on any atom is -0.482 e. The van der Waals surface area contributed by atoms with Crippen molar-refractivity contribution < 1.29 is 14.6 Å². The second-order valence-corrected chi connectivity index (χ2v) is 4.62. The summed E-state index contributed by atoms with van der Waals surface area (Å²) in [5, 5.41) is 9.66. The number of carboxylic acids is 1. The molecule has 21 heavy (non-hydrogen) atoms. The predicted octanol–water partition coefficient (Wildman–Crippen LogP) is 3.37. The Balaban J connectivity index is 1.86. The molecule has 0 bridgehead atoms. The lowest BCUT2D eigenvalue weighted by atomic mass is 10.1. The van der Waals surface area contributed by atoms with Crippen LogP contribution in [0.15, 0.2) is 60.8 Å². The highest BCUT2D eigenvalue weighted by Gasteiger charge is 2.03. The van der Waals surface area contributed by atoms with Crippen LogP contribution in [0.2, 0.25) is 0 Å². The van der Waals surface area contributed by atoms with E-state index in [1.165, 1.54) is 0 Å². The number of nitrogens with zero attached hydrogens (tertiary/aromatic N) is 1. The number of benzene rings is 2. The van der Waals surface area contributed by atoms with Crippen LogP contribution in [0.1, 0.15) is 0 Å². The quantitative estimate of drug-likeness (QED) is 0.795. The van der Waals surface area contributed by atoms with Crippen LogP contribution in [-0.2, 0) is 4.79 Å². The van der Waals surface area contributed by atoms with Crippen molar-refractivity contribution in [1.29, 1.82) is 0 Å². The smallest absolute Gasteiger partial charge is 0.341 e. The summed E-state index contributed by atoms with van der Waals surface area (Å²) in [5.41, 5.74) is 2.98. The Hall–Kier alpha value is -2.88. The van der Waals surface area contributed by atoms with Crippen LogP contribution in [0.3, 0.4) is 0 Å². The molecule has 4 heteroatoms. The molecule has 104 valence electrons. The second-order valence-electron chi connectivity index (χ2n) is 4.62. The van der Waals surface area contributed by atoms with Gasteiger partial charge in [0.15, 0.2) is 6.61 Å². The lowest BCUT2D eigenvalue weighted by Crippen LogP contribution is -2.09. The molecule has 4 nitrogen and oxygen atoms in total. The van der Waals surface area contributed by atoms with Crippen LogP contribution < -0.4 is 4.74 Å². The van der Waals surface area contributed by atoms with Gasteiger partial charge in [-0.3, -0.25) is 4.98 Å². The van der Waals surface area contributed by atoms with Crippen LogP contribution >= 0.6 is 0 Å². The number of ether oxygens (including phenoxy) is 1. The molecule has 0 unspecified atom stereocenters. The number of para-hydroxylation sites is 1. The number of carbonyl (C=O) groups is 1. The normalized spacial score (nSPS) is 10.5. The number of rotatable bonds is 4. The van der Waals surface area contributed by atoms with Crippen LogP contribution in [-0.4, -0.2) is 22.7 Å². The number of pyridine rings is 1. The molecule has 0 aliphatic heterocycles. The third-order valence-electron chi connectivity index (χ3n) is 3.14. The van der Waals surface area contributed by atoms with E-state index in [0.29, 0.717) is 5.75 Å². The Morgan fingerprint density at radius 2 is 1.81 bits per heavy atom. The van der Waals surface area contributed by atoms with E-state index in [2.05, 4.69) is 11.1 Å². The Bertz CT molecular complexity index is 781. The van der Waals surface area contributed by atoms with E-state index in [1.54, 1.807) is 12.1 Å². The zero-order chi connectivity index (χ0) is 14.7. The summed E-state index contributed by atoms with van der Waals surface area (Å²) in [6, 6.07) is 17.3. The fourth-order valence-corrected chi connectivity index (χ4v) is 2.12. The average Bonchev–Trinajstić information content (AvgIpc) is 2.53. The Labute approximate surface area is 121 Å². The van der Waals surface area contributed by atoms with Crippen LogP contribution in [0, 0.1) is 0 Å². The van der Waals surface area contributed by atoms with Crippen LogP contribution in [0.25, 0.3) is 22.0 Å². The Kier molecular flexibility index (Phi) is 3.51. The zero-order valence-corrected chi connectivity index (χ0v) is 11.2. The van der Waals surface area contributed by atoms with E-state index in [0.717, 1.165) is 22.0 Å². The molecule has 1 aromatic heterocycles. The number of aromatic nitrogens is 1. The molecular weight excluding hydrogens is 266 g/mol. The summed E-state index contributed by atoms with van der Waals surface area (Å²) in [6.45, 7) is -0.336. The van der Waals surface area contributed by atoms with E-state index in [-0.39, 0.29) is 6.61 Å². The van der Waals surface area contributed by atoms with E-state index >= 15 is 0 Å². The van der Waals surface area contributed by atoms with Gasteiger partial charge in [-0.2, -0.15) is 0 Å². The van der Waals surface area contributed by atoms with E-state index in [9.17, 15) is 4.79 Å². The molecule has 1 N–H and O–H groups in total. The lowest BCUT2D eigenvalue weighted by Gasteiger charge is -2.06. The minimum absolute atomic E-state index is 0.336. The molecule has 0 radical (unpaired) electrons. The van der Waals surface area contributed by atoms with Crippen LogP contribution in [0.5, 0.6) is 5.75 Å². The van der Waals surface area contributed by atoms with Crippen molar-refractivity contribution in [1.82, 2.24) is 4.98 Å². The van der Waals surface area contributed by atoms with Crippen molar-refractivity contribution in [2.24, 2.45) is 0 Å². The maximum absolute atomic E-state index is 10.5. The first kappa shape index (κ1) is 13.1. The minimum atomic E-state index is -0.988. The maximum Gasteiger partial charge on any atom is 0.341 e. The first-order valence-electron chi connectivity index (χ1n) is 6.52. The van der Waals surface area contributed by atoms with Crippen molar-refractivity contribution in [3.8, 4) is 16.9 Å². The summed E-state index contributed by atoms with van der Waals surface area (Å²) < 4.78 is 5.11. The Morgan fingerprint density at radius 1 is 1.05 bits per heavy atom. The van der Waals surface area contributed by atoms with Crippen molar-refractivity contribution in [3.05, 3.63) is 60.8 Å². The molecule has 0 spiro atoms. The predicted molar refractivity (Wildman–Crippen MR) is 80.3 cm³/mol. The van der Waals surface area contributed by atoms with E-state index in [4.69, 9.17) is 9.84 Å². The molecule has 0 saturated heterocycles. The number of hydrogen-bond donors (Lipinski definition) is 1. The van der Waals surface area contributed by atoms with Crippen molar-refractivity contribution in [3.63, 3.8) is 0 Å². The van der Waals surface area contributed by atoms with Crippen molar-refractivity contribution in [2.75, 3.05) is 6.61 Å². The zero-order valence-electron chi connectivity index (χ0n) is 11.2. The standard InChI is InChI=1S/C17H13NO3/c19-17(20)11-21-15-7-5-12(6-8-15)14-9-13-3-1-2-4-16(13)18-10-14/h1-10H,11H2,(H,19,20). The van der Waals surface area contributed by atoms with E-state index in [1.807, 2.05) is 42.6 Å². The number of hydrogen-bond acceptors (Lipinski definition) is 3. The van der Waals surface area contributed by atoms with Gasteiger partial charge < -0.3 is 9.84 Å². The van der Waals surface area contributed by atoms with Gasteiger partial charge in [0.1, 0.15) is 5.75 Å². The van der Waals surface area contributed by atoms with Gasteiger partial charge in [0, 0.05) is 17.1 Å². The number of aliphatic carboxylic acids is 1. The van der Waals surface area contributed by atoms with Gasteiger partial charge in [-0.25, -0.2) is 4.79 Å². The third-order valence-corrected chi connectivity index (χ3v) is 3.14. The monoisotopic (exact) mass is 279 g/mol. The molecule has 0 amide bonds. The molecule has 0 fully saturated rings. The summed E-state index contributed by atoms with van der Waals surface area (Å²) in [6.07, 6.45) is 1.83. The third kappa shape index (κ3) is 3.00. The fourth-order valence-electron chi connectivity index (χ4n) is 2.12. The summed E-state index contributed by atoms with van der Waals surface area (Å²) in [4.78, 5) is 14.9. The number of carboxylic acid groups (broad SMARTS) is 1. The Morgan fingerprint density at radius 3 is 2.57 bits per heavy atom. The van der Waals surface area contributed by atoms with Crippen molar-refractivity contribution in [2.45, 2.75) is 0 Å². The summed E-state index contributed by atoms with van der Waals surface area (Å²) in [5.74, 6) is -0.451. The molecule has 3 rings (SSSR count). The van der Waals surface area contributed by atoms with Gasteiger partial charge in [0.05, 0.1) is 5.52 Å². The van der Waals surface area contributed by atoms with Crippen molar-refractivity contribution >= 4 is 16.9 Å². The van der Waals surface area contributed by atoms with Gasteiger partial charge in [0.2, 0.25) is 0 Å². The molecule has 0 atom stereocenters. The molecular formula is C17H13NO3. The highest BCUT2D eigenvalue weighted by atomic mass is 16.5. The summed E-state index contributed by atoms with van der Waals surface area (Å²) in [7, 11) is 0. The highest BCUT2D eigenvalue weighted by Crippen LogP contribution is 2.24. The molecule has 1 heterocycles. The molecule has 3 aromatic rings. The van der Waals surface area contributed by atoms with Gasteiger partial charge in [0.25, 0.3) is 0 Å². The molecule has 0 saturated carbocycles. The topological polar surface area (TPSA) is 59.4 Å². The average molecular weight is 279 g/mol.